The summed E-state index contributed by atoms with van der Waals surface area (Å²) in [5, 5.41) is 0.441. The summed E-state index contributed by atoms with van der Waals surface area (Å²) in [5.41, 5.74) is -0.135. The van der Waals surface area contributed by atoms with Gasteiger partial charge in [-0.1, -0.05) is 51.4 Å². The first-order valence-electron chi connectivity index (χ1n) is 7.19. The van der Waals surface area contributed by atoms with E-state index < -0.39 is 0 Å². The highest BCUT2D eigenvalue weighted by Crippen LogP contribution is 2.27. The van der Waals surface area contributed by atoms with Crippen LogP contribution < -0.4 is 4.74 Å². The van der Waals surface area contributed by atoms with Crippen LogP contribution in [0.1, 0.15) is 46.4 Å². The van der Waals surface area contributed by atoms with Crippen molar-refractivity contribution in [1.82, 2.24) is 9.97 Å². The van der Waals surface area contributed by atoms with Crippen LogP contribution in [0, 0.1) is 11.8 Å². The first-order chi connectivity index (χ1) is 9.36. The maximum absolute atomic E-state index is 6.06. The lowest BCUT2D eigenvalue weighted by molar-refractivity contribution is 0.191. The summed E-state index contributed by atoms with van der Waals surface area (Å²) in [6.45, 7) is 9.15. The second-order valence-corrected chi connectivity index (χ2v) is 6.98. The molecule has 0 bridgehead atoms. The molecule has 0 saturated carbocycles. The summed E-state index contributed by atoms with van der Waals surface area (Å²) >= 11 is 6.06. The van der Waals surface area contributed by atoms with Crippen molar-refractivity contribution >= 4 is 11.6 Å². The third kappa shape index (κ3) is 3.95. The lowest BCUT2D eigenvalue weighted by Gasteiger charge is -2.25. The fraction of sp³-hybridized carbons (Fsp3) is 0.625. The van der Waals surface area contributed by atoms with E-state index in [0.717, 1.165) is 18.7 Å². The summed E-state index contributed by atoms with van der Waals surface area (Å²) in [7, 11) is 0. The first kappa shape index (κ1) is 15.3. The molecule has 0 radical (unpaired) electrons. The van der Waals surface area contributed by atoms with Crippen LogP contribution in [0.4, 0.5) is 0 Å². The van der Waals surface area contributed by atoms with Gasteiger partial charge in [-0.3, -0.25) is 0 Å². The summed E-state index contributed by atoms with van der Waals surface area (Å²) < 4.78 is 5.86. The third-order valence-electron chi connectivity index (χ3n) is 3.71. The molecule has 0 spiro atoms. The number of hydrogen-bond donors (Lipinski definition) is 0. The Bertz CT molecular complexity index is 494. The molecular formula is C16H23ClN2O. The SMILES string of the molecule is CC1CC=CCC1COc1cc(Cl)nc(C(C)(C)C)n1. The molecule has 2 rings (SSSR count). The molecule has 0 amide bonds. The Morgan fingerprint density at radius 1 is 1.25 bits per heavy atom. The zero-order chi connectivity index (χ0) is 14.8. The van der Waals surface area contributed by atoms with Gasteiger partial charge in [0.2, 0.25) is 5.88 Å². The van der Waals surface area contributed by atoms with E-state index in [9.17, 15) is 0 Å². The third-order valence-corrected chi connectivity index (χ3v) is 3.90. The van der Waals surface area contributed by atoms with Crippen molar-refractivity contribution in [1.29, 1.82) is 0 Å². The van der Waals surface area contributed by atoms with Crippen LogP contribution in [0.25, 0.3) is 0 Å². The summed E-state index contributed by atoms with van der Waals surface area (Å²) in [6.07, 6.45) is 6.69. The van der Waals surface area contributed by atoms with Crippen molar-refractivity contribution in [3.05, 3.63) is 29.2 Å². The molecule has 1 aliphatic carbocycles. The summed E-state index contributed by atoms with van der Waals surface area (Å²) in [5.74, 6) is 2.50. The number of nitrogens with zero attached hydrogens (tertiary/aromatic N) is 2. The summed E-state index contributed by atoms with van der Waals surface area (Å²) in [4.78, 5) is 8.76. The van der Waals surface area contributed by atoms with Crippen LogP contribution in [0.15, 0.2) is 18.2 Å². The molecule has 3 nitrogen and oxygen atoms in total. The lowest BCUT2D eigenvalue weighted by atomic mass is 9.85. The van der Waals surface area contributed by atoms with Crippen LogP contribution in [0.5, 0.6) is 5.88 Å². The van der Waals surface area contributed by atoms with Gasteiger partial charge in [-0.05, 0) is 24.7 Å². The van der Waals surface area contributed by atoms with Gasteiger partial charge in [0.25, 0.3) is 0 Å². The predicted octanol–water partition coefficient (Wildman–Crippen LogP) is 4.41. The average molecular weight is 295 g/mol. The van der Waals surface area contributed by atoms with Crippen molar-refractivity contribution in [3.63, 3.8) is 0 Å². The maximum atomic E-state index is 6.06. The Hall–Kier alpha value is -1.09. The van der Waals surface area contributed by atoms with E-state index in [0.29, 0.717) is 29.5 Å². The van der Waals surface area contributed by atoms with Crippen molar-refractivity contribution in [3.8, 4) is 5.88 Å². The van der Waals surface area contributed by atoms with E-state index in [2.05, 4.69) is 49.8 Å². The second-order valence-electron chi connectivity index (χ2n) is 6.59. The van der Waals surface area contributed by atoms with Gasteiger partial charge in [0.05, 0.1) is 6.61 Å². The van der Waals surface area contributed by atoms with Crippen LogP contribution in [-0.2, 0) is 5.41 Å². The Labute approximate surface area is 126 Å². The largest absolute Gasteiger partial charge is 0.477 e. The second kappa shape index (κ2) is 6.13. The minimum Gasteiger partial charge on any atom is -0.477 e. The van der Waals surface area contributed by atoms with Crippen LogP contribution >= 0.6 is 11.6 Å². The number of aromatic nitrogens is 2. The van der Waals surface area contributed by atoms with Gasteiger partial charge in [0.1, 0.15) is 11.0 Å². The number of hydrogen-bond acceptors (Lipinski definition) is 3. The molecule has 0 N–H and O–H groups in total. The zero-order valence-corrected chi connectivity index (χ0v) is 13.4. The molecule has 2 unspecified atom stereocenters. The van der Waals surface area contributed by atoms with Gasteiger partial charge in [0.15, 0.2) is 0 Å². The van der Waals surface area contributed by atoms with E-state index in [1.54, 1.807) is 6.07 Å². The Morgan fingerprint density at radius 3 is 2.60 bits per heavy atom. The number of ether oxygens (including phenoxy) is 1. The Kier molecular flexibility index (Phi) is 4.69. The van der Waals surface area contributed by atoms with Crippen molar-refractivity contribution < 1.29 is 4.74 Å². The highest BCUT2D eigenvalue weighted by Gasteiger charge is 2.21. The fourth-order valence-electron chi connectivity index (χ4n) is 2.24. The van der Waals surface area contributed by atoms with Gasteiger partial charge in [-0.2, -0.15) is 4.98 Å². The molecule has 0 saturated heterocycles. The van der Waals surface area contributed by atoms with Gasteiger partial charge in [-0.25, -0.2) is 4.98 Å². The number of rotatable bonds is 3. The van der Waals surface area contributed by atoms with Crippen LogP contribution in [-0.4, -0.2) is 16.6 Å². The molecule has 1 aromatic heterocycles. The van der Waals surface area contributed by atoms with Crippen LogP contribution in [0.3, 0.4) is 0 Å². The average Bonchev–Trinajstić information content (AvgIpc) is 2.36. The van der Waals surface area contributed by atoms with E-state index in [1.165, 1.54) is 0 Å². The van der Waals surface area contributed by atoms with E-state index in [1.807, 2.05) is 0 Å². The minimum absolute atomic E-state index is 0.135. The normalized spacial score (nSPS) is 22.9. The molecule has 0 aliphatic heterocycles. The molecule has 1 aromatic rings. The van der Waals surface area contributed by atoms with E-state index in [4.69, 9.17) is 16.3 Å². The minimum atomic E-state index is -0.135. The maximum Gasteiger partial charge on any atom is 0.218 e. The zero-order valence-electron chi connectivity index (χ0n) is 12.7. The number of halogens is 1. The quantitative estimate of drug-likeness (QED) is 0.612. The number of allylic oxidation sites excluding steroid dienone is 2. The summed E-state index contributed by atoms with van der Waals surface area (Å²) in [6, 6.07) is 1.69. The van der Waals surface area contributed by atoms with Gasteiger partial charge < -0.3 is 4.74 Å². The van der Waals surface area contributed by atoms with Gasteiger partial charge in [-0.15, -0.1) is 0 Å². The molecule has 1 aliphatic rings. The molecule has 2 atom stereocenters. The molecule has 20 heavy (non-hydrogen) atoms. The highest BCUT2D eigenvalue weighted by atomic mass is 35.5. The Balaban J connectivity index is 2.06. The fourth-order valence-corrected chi connectivity index (χ4v) is 2.41. The van der Waals surface area contributed by atoms with Gasteiger partial charge in [0, 0.05) is 11.5 Å². The first-order valence-corrected chi connectivity index (χ1v) is 7.57. The van der Waals surface area contributed by atoms with E-state index in [-0.39, 0.29) is 5.41 Å². The highest BCUT2D eigenvalue weighted by molar-refractivity contribution is 6.29. The van der Waals surface area contributed by atoms with Crippen molar-refractivity contribution in [2.75, 3.05) is 6.61 Å². The lowest BCUT2D eigenvalue weighted by Crippen LogP contribution is -2.22. The molecule has 110 valence electrons. The van der Waals surface area contributed by atoms with Crippen molar-refractivity contribution in [2.45, 2.75) is 46.0 Å². The molecule has 0 fully saturated rings. The molecule has 0 aromatic carbocycles. The predicted molar refractivity (Wildman–Crippen MR) is 82.3 cm³/mol. The monoisotopic (exact) mass is 294 g/mol. The smallest absolute Gasteiger partial charge is 0.218 e. The molecule has 1 heterocycles. The van der Waals surface area contributed by atoms with E-state index >= 15 is 0 Å². The topological polar surface area (TPSA) is 35.0 Å². The molecular weight excluding hydrogens is 272 g/mol. The van der Waals surface area contributed by atoms with Gasteiger partial charge >= 0.3 is 0 Å². The standard InChI is InChI=1S/C16H23ClN2O/c1-11-7-5-6-8-12(11)10-20-14-9-13(17)18-15(19-14)16(2,3)4/h5-6,9,11-12H,7-8,10H2,1-4H3. The molecule has 4 heteroatoms. The van der Waals surface area contributed by atoms with Crippen molar-refractivity contribution in [2.24, 2.45) is 11.8 Å². The Morgan fingerprint density at radius 2 is 1.95 bits per heavy atom. The van der Waals surface area contributed by atoms with Crippen LogP contribution in [0.2, 0.25) is 5.15 Å².